The van der Waals surface area contributed by atoms with Gasteiger partial charge in [0, 0.05) is 49.3 Å². The van der Waals surface area contributed by atoms with Crippen LogP contribution in [0.2, 0.25) is 0 Å². The van der Waals surface area contributed by atoms with Crippen molar-refractivity contribution < 1.29 is 9.47 Å². The zero-order valence-electron chi connectivity index (χ0n) is 18.5. The predicted molar refractivity (Wildman–Crippen MR) is 130 cm³/mol. The first kappa shape index (κ1) is 24.1. The highest BCUT2D eigenvalue weighted by atomic mass is 127. The van der Waals surface area contributed by atoms with E-state index in [0.717, 1.165) is 61.9 Å². The van der Waals surface area contributed by atoms with E-state index in [1.807, 2.05) is 0 Å². The fourth-order valence-electron chi connectivity index (χ4n) is 4.03. The number of piperidine rings is 1. The van der Waals surface area contributed by atoms with Crippen LogP contribution in [-0.2, 0) is 13.0 Å². The molecule has 2 aliphatic rings. The van der Waals surface area contributed by atoms with Crippen molar-refractivity contribution >= 4 is 29.9 Å². The molecule has 0 saturated carbocycles. The highest BCUT2D eigenvalue weighted by Gasteiger charge is 2.23. The number of aliphatic imine (C=N–C) groups is 1. The van der Waals surface area contributed by atoms with Crippen molar-refractivity contribution in [2.24, 2.45) is 4.99 Å². The van der Waals surface area contributed by atoms with Crippen LogP contribution in [0.1, 0.15) is 51.7 Å². The van der Waals surface area contributed by atoms with Crippen LogP contribution in [0.4, 0.5) is 0 Å². The molecule has 2 N–H and O–H groups in total. The number of halogens is 1. The fraction of sp³-hybridized carbons (Fsp3) is 0.682. The van der Waals surface area contributed by atoms with Crippen molar-refractivity contribution in [3.05, 3.63) is 23.3 Å². The minimum atomic E-state index is 0. The third-order valence-electron chi connectivity index (χ3n) is 5.65. The van der Waals surface area contributed by atoms with E-state index in [1.165, 1.54) is 5.56 Å². The van der Waals surface area contributed by atoms with Crippen LogP contribution in [0.25, 0.3) is 0 Å². The van der Waals surface area contributed by atoms with E-state index in [1.54, 1.807) is 7.11 Å². The van der Waals surface area contributed by atoms with Crippen molar-refractivity contribution in [2.45, 2.75) is 71.7 Å². The molecular formula is C22H37IN4O2. The molecule has 7 heteroatoms. The number of methoxy groups -OCH3 is 1. The highest BCUT2D eigenvalue weighted by Crippen LogP contribution is 2.35. The van der Waals surface area contributed by atoms with Gasteiger partial charge in [0.2, 0.25) is 0 Å². The third kappa shape index (κ3) is 6.38. The van der Waals surface area contributed by atoms with Crippen LogP contribution < -0.4 is 20.1 Å². The standard InChI is InChI=1S/C22H36N4O2.HI/c1-6-23-22(25-19-7-9-26(10-8-19)15(2)3)24-14-18-13-21-17(11-16(4)28-21)12-20(18)27-5;/h12-13,15-16,19H,6-11,14H2,1-5H3,(H2,23,24,25);1H. The second-order valence-electron chi connectivity index (χ2n) is 8.15. The molecule has 29 heavy (non-hydrogen) atoms. The van der Waals surface area contributed by atoms with Gasteiger partial charge in [0.15, 0.2) is 5.96 Å². The van der Waals surface area contributed by atoms with Gasteiger partial charge in [-0.2, -0.15) is 0 Å². The Balaban J connectivity index is 0.00000300. The molecule has 6 nitrogen and oxygen atoms in total. The molecule has 1 atom stereocenters. The molecule has 2 heterocycles. The molecule has 164 valence electrons. The van der Waals surface area contributed by atoms with Crippen molar-refractivity contribution in [3.8, 4) is 11.5 Å². The number of hydrogen-bond acceptors (Lipinski definition) is 4. The van der Waals surface area contributed by atoms with E-state index in [9.17, 15) is 0 Å². The van der Waals surface area contributed by atoms with E-state index < -0.39 is 0 Å². The number of fused-ring (bicyclic) bond motifs is 1. The minimum Gasteiger partial charge on any atom is -0.496 e. The second-order valence-corrected chi connectivity index (χ2v) is 8.15. The average Bonchev–Trinajstić information content (AvgIpc) is 3.04. The summed E-state index contributed by atoms with van der Waals surface area (Å²) in [6.07, 6.45) is 3.47. The Bertz CT molecular complexity index is 688. The summed E-state index contributed by atoms with van der Waals surface area (Å²) in [4.78, 5) is 7.37. The van der Waals surface area contributed by atoms with E-state index in [4.69, 9.17) is 14.5 Å². The number of likely N-dealkylation sites (tertiary alicyclic amines) is 1. The zero-order chi connectivity index (χ0) is 20.1. The van der Waals surface area contributed by atoms with Gasteiger partial charge in [0.25, 0.3) is 0 Å². The van der Waals surface area contributed by atoms with Gasteiger partial charge < -0.3 is 25.0 Å². The monoisotopic (exact) mass is 516 g/mol. The van der Waals surface area contributed by atoms with Gasteiger partial charge in [0.1, 0.15) is 17.6 Å². The summed E-state index contributed by atoms with van der Waals surface area (Å²) in [6, 6.07) is 5.29. The largest absolute Gasteiger partial charge is 0.496 e. The fourth-order valence-corrected chi connectivity index (χ4v) is 4.03. The molecule has 1 saturated heterocycles. The summed E-state index contributed by atoms with van der Waals surface area (Å²) in [6.45, 7) is 12.4. The van der Waals surface area contributed by atoms with Gasteiger partial charge in [-0.05, 0) is 52.7 Å². The Morgan fingerprint density at radius 1 is 1.31 bits per heavy atom. The number of rotatable bonds is 6. The van der Waals surface area contributed by atoms with Crippen molar-refractivity contribution in [3.63, 3.8) is 0 Å². The van der Waals surface area contributed by atoms with E-state index in [0.29, 0.717) is 18.6 Å². The molecule has 0 spiro atoms. The summed E-state index contributed by atoms with van der Waals surface area (Å²) in [5.74, 6) is 2.74. The summed E-state index contributed by atoms with van der Waals surface area (Å²) >= 11 is 0. The molecule has 0 amide bonds. The van der Waals surface area contributed by atoms with Gasteiger partial charge in [-0.25, -0.2) is 4.99 Å². The Kier molecular flexibility index (Phi) is 9.33. The van der Waals surface area contributed by atoms with Gasteiger partial charge in [0.05, 0.1) is 13.7 Å². The maximum atomic E-state index is 5.91. The smallest absolute Gasteiger partial charge is 0.191 e. The molecule has 0 bridgehead atoms. The predicted octanol–water partition coefficient (Wildman–Crippen LogP) is 3.56. The highest BCUT2D eigenvalue weighted by molar-refractivity contribution is 14.0. The quantitative estimate of drug-likeness (QED) is 0.344. The van der Waals surface area contributed by atoms with Crippen LogP contribution in [0.5, 0.6) is 11.5 Å². The van der Waals surface area contributed by atoms with Gasteiger partial charge >= 0.3 is 0 Å². The molecular weight excluding hydrogens is 479 g/mol. The van der Waals surface area contributed by atoms with Crippen LogP contribution in [0.15, 0.2) is 17.1 Å². The SMILES string of the molecule is CCNC(=NCc1cc2c(cc1OC)CC(C)O2)NC1CCN(C(C)C)CC1.I. The lowest BCUT2D eigenvalue weighted by atomic mass is 10.0. The lowest BCUT2D eigenvalue weighted by Gasteiger charge is -2.35. The minimum absolute atomic E-state index is 0. The maximum absolute atomic E-state index is 5.91. The topological polar surface area (TPSA) is 58.1 Å². The molecule has 0 aromatic heterocycles. The molecule has 0 radical (unpaired) electrons. The zero-order valence-corrected chi connectivity index (χ0v) is 20.8. The Morgan fingerprint density at radius 2 is 2.03 bits per heavy atom. The van der Waals surface area contributed by atoms with Gasteiger partial charge in [-0.1, -0.05) is 0 Å². The van der Waals surface area contributed by atoms with Crippen LogP contribution in [0, 0.1) is 0 Å². The maximum Gasteiger partial charge on any atom is 0.191 e. The number of nitrogens with one attached hydrogen (secondary N) is 2. The van der Waals surface area contributed by atoms with Crippen LogP contribution in [0.3, 0.4) is 0 Å². The number of ether oxygens (including phenoxy) is 2. The third-order valence-corrected chi connectivity index (χ3v) is 5.65. The number of hydrogen-bond donors (Lipinski definition) is 2. The molecule has 1 unspecified atom stereocenters. The Hall–Kier alpha value is -1.22. The van der Waals surface area contributed by atoms with Crippen LogP contribution in [-0.4, -0.2) is 55.8 Å². The Morgan fingerprint density at radius 3 is 2.66 bits per heavy atom. The Labute approximate surface area is 192 Å². The molecule has 2 aliphatic heterocycles. The number of nitrogens with zero attached hydrogens (tertiary/aromatic N) is 2. The summed E-state index contributed by atoms with van der Waals surface area (Å²) in [5.41, 5.74) is 2.28. The first-order chi connectivity index (χ1) is 13.5. The first-order valence-corrected chi connectivity index (χ1v) is 10.7. The summed E-state index contributed by atoms with van der Waals surface area (Å²) in [5, 5.41) is 7.01. The van der Waals surface area contributed by atoms with E-state index in [-0.39, 0.29) is 30.1 Å². The van der Waals surface area contributed by atoms with E-state index in [2.05, 4.69) is 55.4 Å². The lowest BCUT2D eigenvalue weighted by molar-refractivity contribution is 0.167. The molecule has 0 aliphatic carbocycles. The molecule has 3 rings (SSSR count). The molecule has 1 aromatic carbocycles. The van der Waals surface area contributed by atoms with Gasteiger partial charge in [-0.3, -0.25) is 0 Å². The lowest BCUT2D eigenvalue weighted by Crippen LogP contribution is -2.49. The molecule has 1 fully saturated rings. The summed E-state index contributed by atoms with van der Waals surface area (Å²) in [7, 11) is 1.72. The average molecular weight is 516 g/mol. The normalized spacial score (nSPS) is 20.1. The molecule has 1 aromatic rings. The van der Waals surface area contributed by atoms with Crippen molar-refractivity contribution in [1.82, 2.24) is 15.5 Å². The number of guanidine groups is 1. The second kappa shape index (κ2) is 11.2. The van der Waals surface area contributed by atoms with E-state index >= 15 is 0 Å². The van der Waals surface area contributed by atoms with Crippen molar-refractivity contribution in [2.75, 3.05) is 26.7 Å². The summed E-state index contributed by atoms with van der Waals surface area (Å²) < 4.78 is 11.5. The van der Waals surface area contributed by atoms with Gasteiger partial charge in [-0.15, -0.1) is 24.0 Å². The van der Waals surface area contributed by atoms with Crippen LogP contribution >= 0.6 is 24.0 Å². The first-order valence-electron chi connectivity index (χ1n) is 10.7. The van der Waals surface area contributed by atoms with Crippen molar-refractivity contribution in [1.29, 1.82) is 0 Å². The number of benzene rings is 1.